The van der Waals surface area contributed by atoms with E-state index in [4.69, 9.17) is 0 Å². The van der Waals surface area contributed by atoms with Gasteiger partial charge in [-0.15, -0.1) is 0 Å². The zero-order valence-electron chi connectivity index (χ0n) is 9.63. The molecule has 2 heterocycles. The molecule has 1 aromatic rings. The molecule has 0 bridgehead atoms. The second-order valence-corrected chi connectivity index (χ2v) is 7.14. The van der Waals surface area contributed by atoms with E-state index in [0.29, 0.717) is 13.1 Å². The van der Waals surface area contributed by atoms with Crippen LogP contribution in [0.5, 0.6) is 0 Å². The van der Waals surface area contributed by atoms with Crippen LogP contribution in [0.4, 0.5) is 0 Å². The molecule has 0 aliphatic carbocycles. The maximum atomic E-state index is 11.5. The van der Waals surface area contributed by atoms with Crippen molar-refractivity contribution in [2.45, 2.75) is 18.8 Å². The standard InChI is InChI=1S/C11H15BrN2O2S/c1-17(15,16)14-7-3-4-9(8-14)10-5-2-6-11(12)13-10/h2,5-6,9H,3-4,7-8H2,1H3/t9-/m0/s1. The average Bonchev–Trinajstić information content (AvgIpc) is 2.28. The highest BCUT2D eigenvalue weighted by molar-refractivity contribution is 9.10. The molecule has 0 amide bonds. The summed E-state index contributed by atoms with van der Waals surface area (Å²) in [6, 6.07) is 5.77. The Morgan fingerprint density at radius 1 is 1.47 bits per heavy atom. The monoisotopic (exact) mass is 318 g/mol. The molecule has 0 spiro atoms. The SMILES string of the molecule is CS(=O)(=O)N1CCC[C@H](c2cccc(Br)n2)C1. The van der Waals surface area contributed by atoms with Gasteiger partial charge in [0, 0.05) is 24.7 Å². The summed E-state index contributed by atoms with van der Waals surface area (Å²) in [4.78, 5) is 4.41. The molecule has 0 saturated carbocycles. The Labute approximate surface area is 110 Å². The third-order valence-corrected chi connectivity index (χ3v) is 4.72. The van der Waals surface area contributed by atoms with Gasteiger partial charge in [0.15, 0.2) is 0 Å². The molecule has 94 valence electrons. The molecule has 0 radical (unpaired) electrons. The molecule has 4 nitrogen and oxygen atoms in total. The number of sulfonamides is 1. The fourth-order valence-corrected chi connectivity index (χ4v) is 3.41. The van der Waals surface area contributed by atoms with Gasteiger partial charge in [-0.05, 0) is 40.9 Å². The van der Waals surface area contributed by atoms with Gasteiger partial charge in [-0.1, -0.05) is 6.07 Å². The van der Waals surface area contributed by atoms with E-state index in [-0.39, 0.29) is 5.92 Å². The van der Waals surface area contributed by atoms with Gasteiger partial charge in [-0.3, -0.25) is 0 Å². The highest BCUT2D eigenvalue weighted by Gasteiger charge is 2.27. The minimum atomic E-state index is -3.08. The third-order valence-electron chi connectivity index (χ3n) is 3.01. The van der Waals surface area contributed by atoms with E-state index in [0.717, 1.165) is 23.1 Å². The van der Waals surface area contributed by atoms with Gasteiger partial charge in [0.1, 0.15) is 4.60 Å². The van der Waals surface area contributed by atoms with E-state index in [9.17, 15) is 8.42 Å². The number of hydrogen-bond acceptors (Lipinski definition) is 3. The molecule has 6 heteroatoms. The maximum absolute atomic E-state index is 11.5. The molecule has 1 aliphatic rings. The van der Waals surface area contributed by atoms with Crippen molar-refractivity contribution in [3.05, 3.63) is 28.5 Å². The first kappa shape index (κ1) is 13.0. The molecule has 2 rings (SSSR count). The van der Waals surface area contributed by atoms with Gasteiger partial charge in [-0.2, -0.15) is 0 Å². The zero-order valence-corrected chi connectivity index (χ0v) is 12.0. The summed E-state index contributed by atoms with van der Waals surface area (Å²) in [5, 5.41) is 0. The summed E-state index contributed by atoms with van der Waals surface area (Å²) in [5.41, 5.74) is 0.965. The molecule has 0 N–H and O–H groups in total. The molecule has 1 atom stereocenters. The van der Waals surface area contributed by atoms with Crippen molar-refractivity contribution in [3.63, 3.8) is 0 Å². The van der Waals surface area contributed by atoms with Gasteiger partial charge in [0.25, 0.3) is 0 Å². The number of aromatic nitrogens is 1. The van der Waals surface area contributed by atoms with Crippen molar-refractivity contribution < 1.29 is 8.42 Å². The second-order valence-electron chi connectivity index (χ2n) is 4.35. The minimum Gasteiger partial charge on any atom is -0.246 e. The van der Waals surface area contributed by atoms with Crippen LogP contribution in [0, 0.1) is 0 Å². The predicted octanol–water partition coefficient (Wildman–Crippen LogP) is 1.98. The topological polar surface area (TPSA) is 50.3 Å². The molecule has 1 aliphatic heterocycles. The van der Waals surface area contributed by atoms with Crippen LogP contribution in [0.15, 0.2) is 22.8 Å². The van der Waals surface area contributed by atoms with Crippen molar-refractivity contribution >= 4 is 26.0 Å². The van der Waals surface area contributed by atoms with Crippen LogP contribution < -0.4 is 0 Å². The summed E-state index contributed by atoms with van der Waals surface area (Å²) in [7, 11) is -3.08. The van der Waals surface area contributed by atoms with Crippen LogP contribution in [0.2, 0.25) is 0 Å². The summed E-state index contributed by atoms with van der Waals surface area (Å²) >= 11 is 3.34. The smallest absolute Gasteiger partial charge is 0.211 e. The summed E-state index contributed by atoms with van der Waals surface area (Å²) in [6.45, 7) is 1.17. The molecule has 0 aromatic carbocycles. The van der Waals surface area contributed by atoms with E-state index >= 15 is 0 Å². The normalized spacial score (nSPS) is 22.6. The second kappa shape index (κ2) is 5.04. The van der Waals surface area contributed by atoms with Gasteiger partial charge in [-0.25, -0.2) is 17.7 Å². The van der Waals surface area contributed by atoms with Crippen molar-refractivity contribution in [2.75, 3.05) is 19.3 Å². The Kier molecular flexibility index (Phi) is 3.85. The van der Waals surface area contributed by atoms with Gasteiger partial charge in [0.05, 0.1) is 6.26 Å². The number of hydrogen-bond donors (Lipinski definition) is 0. The Balaban J connectivity index is 2.18. The van der Waals surface area contributed by atoms with Crippen LogP contribution in [0.1, 0.15) is 24.5 Å². The van der Waals surface area contributed by atoms with E-state index < -0.39 is 10.0 Å². The molecular weight excluding hydrogens is 304 g/mol. The predicted molar refractivity (Wildman–Crippen MR) is 70.3 cm³/mol. The average molecular weight is 319 g/mol. The highest BCUT2D eigenvalue weighted by Crippen LogP contribution is 2.27. The molecule has 17 heavy (non-hydrogen) atoms. The number of piperidine rings is 1. The Bertz CT molecular complexity index is 504. The minimum absolute atomic E-state index is 0.205. The third kappa shape index (κ3) is 3.26. The van der Waals surface area contributed by atoms with E-state index in [1.807, 2.05) is 18.2 Å². The van der Waals surface area contributed by atoms with Crippen molar-refractivity contribution in [1.82, 2.24) is 9.29 Å². The molecule has 1 fully saturated rings. The first-order valence-corrected chi connectivity index (χ1v) is 8.18. The van der Waals surface area contributed by atoms with Gasteiger partial charge in [0.2, 0.25) is 10.0 Å². The summed E-state index contributed by atoms with van der Waals surface area (Å²) < 4.78 is 25.4. The summed E-state index contributed by atoms with van der Waals surface area (Å²) in [6.07, 6.45) is 3.16. The largest absolute Gasteiger partial charge is 0.246 e. The van der Waals surface area contributed by atoms with Crippen LogP contribution >= 0.6 is 15.9 Å². The van der Waals surface area contributed by atoms with E-state index in [1.54, 1.807) is 4.31 Å². The Hall–Kier alpha value is -0.460. The summed E-state index contributed by atoms with van der Waals surface area (Å²) in [5.74, 6) is 0.205. The number of nitrogens with zero attached hydrogens (tertiary/aromatic N) is 2. The highest BCUT2D eigenvalue weighted by atomic mass is 79.9. The lowest BCUT2D eigenvalue weighted by Gasteiger charge is -2.30. The van der Waals surface area contributed by atoms with Gasteiger partial charge < -0.3 is 0 Å². The van der Waals surface area contributed by atoms with Crippen molar-refractivity contribution in [2.24, 2.45) is 0 Å². The fourth-order valence-electron chi connectivity index (χ4n) is 2.14. The lowest BCUT2D eigenvalue weighted by Crippen LogP contribution is -2.38. The maximum Gasteiger partial charge on any atom is 0.211 e. The molecule has 1 saturated heterocycles. The zero-order chi connectivity index (χ0) is 12.5. The molecular formula is C11H15BrN2O2S. The molecule has 1 aromatic heterocycles. The molecule has 0 unspecified atom stereocenters. The van der Waals surface area contributed by atoms with Crippen LogP contribution in [-0.2, 0) is 10.0 Å². The van der Waals surface area contributed by atoms with Crippen LogP contribution in [0.25, 0.3) is 0 Å². The fraction of sp³-hybridized carbons (Fsp3) is 0.545. The first-order valence-electron chi connectivity index (χ1n) is 5.54. The van der Waals surface area contributed by atoms with Crippen molar-refractivity contribution in [3.8, 4) is 0 Å². The van der Waals surface area contributed by atoms with Crippen molar-refractivity contribution in [1.29, 1.82) is 0 Å². The first-order chi connectivity index (χ1) is 7.97. The van der Waals surface area contributed by atoms with E-state index in [1.165, 1.54) is 6.26 Å². The van der Waals surface area contributed by atoms with Gasteiger partial charge >= 0.3 is 0 Å². The van der Waals surface area contributed by atoms with Crippen LogP contribution in [0.3, 0.4) is 0 Å². The Morgan fingerprint density at radius 2 is 2.24 bits per heavy atom. The van der Waals surface area contributed by atoms with E-state index in [2.05, 4.69) is 20.9 Å². The number of rotatable bonds is 2. The lowest BCUT2D eigenvalue weighted by molar-refractivity contribution is 0.314. The Morgan fingerprint density at radius 3 is 2.88 bits per heavy atom. The number of pyridine rings is 1. The lowest BCUT2D eigenvalue weighted by atomic mass is 9.96. The van der Waals surface area contributed by atoms with Crippen LogP contribution in [-0.4, -0.2) is 37.1 Å². The quantitative estimate of drug-likeness (QED) is 0.783. The number of halogens is 1.